The largest absolute Gasteiger partial charge is 1.00 e. The van der Waals surface area contributed by atoms with E-state index in [2.05, 4.69) is 0 Å². The Bertz CT molecular complexity index is 331. The first kappa shape index (κ1) is 21.0. The molecule has 0 radical (unpaired) electrons. The predicted octanol–water partition coefficient (Wildman–Crippen LogP) is -6.36. The van der Waals surface area contributed by atoms with Crippen molar-refractivity contribution in [3.63, 3.8) is 0 Å². The second kappa shape index (κ2) is 9.56. The molecule has 1 aliphatic rings. The van der Waals surface area contributed by atoms with Crippen molar-refractivity contribution in [3.8, 4) is 0 Å². The monoisotopic (exact) mass is 270 g/mol. The fourth-order valence-electron chi connectivity index (χ4n) is 2.37. The Morgan fingerprint density at radius 1 is 1.00 bits per heavy atom. The van der Waals surface area contributed by atoms with Crippen molar-refractivity contribution in [1.82, 2.24) is 0 Å². The summed E-state index contributed by atoms with van der Waals surface area (Å²) in [5.41, 5.74) is -0.153. The maximum atomic E-state index is 11.1. The molecule has 1 fully saturated rings. The standard InChI is InChI=1S/C12H18O4.2Na/c1-7(2)9(11(13)14)10(12(15)16)8-5-3-4-6-8;;/h7-8H,3-6H2,1-2H3,(H,13,14)(H,15,16);;/q;2*+1/p-2/b10-9-;;. The minimum Gasteiger partial charge on any atom is -0.545 e. The number of carbonyl (C=O) groups excluding carboxylic acids is 2. The molecule has 0 heterocycles. The molecule has 90 valence electrons. The fourth-order valence-corrected chi connectivity index (χ4v) is 2.37. The second-order valence-electron chi connectivity index (χ2n) is 4.54. The molecule has 4 nitrogen and oxygen atoms in total. The molecule has 0 saturated heterocycles. The van der Waals surface area contributed by atoms with Crippen molar-refractivity contribution in [2.45, 2.75) is 39.5 Å². The predicted molar refractivity (Wildman–Crippen MR) is 53.8 cm³/mol. The van der Waals surface area contributed by atoms with Crippen LogP contribution in [0.2, 0.25) is 0 Å². The van der Waals surface area contributed by atoms with Crippen LogP contribution in [0.25, 0.3) is 0 Å². The van der Waals surface area contributed by atoms with Crippen molar-refractivity contribution in [1.29, 1.82) is 0 Å². The van der Waals surface area contributed by atoms with Gasteiger partial charge in [-0.25, -0.2) is 0 Å². The van der Waals surface area contributed by atoms with Gasteiger partial charge in [0.25, 0.3) is 0 Å². The molecule has 6 heteroatoms. The van der Waals surface area contributed by atoms with E-state index in [4.69, 9.17) is 0 Å². The van der Waals surface area contributed by atoms with Crippen LogP contribution in [-0.4, -0.2) is 11.9 Å². The molecule has 0 N–H and O–H groups in total. The fraction of sp³-hybridized carbons (Fsp3) is 0.667. The SMILES string of the molecule is CC(C)/C(C(=O)[O-])=C(/C(=O)[O-])C1CCCC1.[Na+].[Na+]. The summed E-state index contributed by atoms with van der Waals surface area (Å²) in [5, 5.41) is 22.1. The average Bonchev–Trinajstić information content (AvgIpc) is 2.64. The summed E-state index contributed by atoms with van der Waals surface area (Å²) in [5.74, 6) is -3.29. The number of rotatable bonds is 4. The van der Waals surface area contributed by atoms with Gasteiger partial charge in [-0.05, 0) is 35.8 Å². The molecule has 1 aliphatic carbocycles. The molecule has 0 bridgehead atoms. The summed E-state index contributed by atoms with van der Waals surface area (Å²) in [7, 11) is 0. The summed E-state index contributed by atoms with van der Waals surface area (Å²) < 4.78 is 0. The van der Waals surface area contributed by atoms with E-state index in [9.17, 15) is 19.8 Å². The van der Waals surface area contributed by atoms with E-state index in [0.717, 1.165) is 25.7 Å². The van der Waals surface area contributed by atoms with Crippen molar-refractivity contribution in [2.75, 3.05) is 0 Å². The Balaban J connectivity index is 0. The number of carbonyl (C=O) groups is 2. The molecule has 0 amide bonds. The van der Waals surface area contributed by atoms with Crippen LogP contribution in [0.1, 0.15) is 39.5 Å². The van der Waals surface area contributed by atoms with Gasteiger partial charge in [0, 0.05) is 0 Å². The average molecular weight is 270 g/mol. The molecular weight excluding hydrogens is 254 g/mol. The van der Waals surface area contributed by atoms with Crippen LogP contribution in [0.3, 0.4) is 0 Å². The van der Waals surface area contributed by atoms with Gasteiger partial charge >= 0.3 is 59.1 Å². The van der Waals surface area contributed by atoms with E-state index in [-0.39, 0.29) is 82.1 Å². The summed E-state index contributed by atoms with van der Waals surface area (Å²) in [6.07, 6.45) is 3.35. The van der Waals surface area contributed by atoms with Gasteiger partial charge in [0.05, 0.1) is 11.9 Å². The molecule has 1 saturated carbocycles. The number of hydrogen-bond donors (Lipinski definition) is 0. The first-order chi connectivity index (χ1) is 7.45. The first-order valence-corrected chi connectivity index (χ1v) is 5.62. The summed E-state index contributed by atoms with van der Waals surface area (Å²) in [6, 6.07) is 0. The van der Waals surface area contributed by atoms with Crippen LogP contribution >= 0.6 is 0 Å². The Morgan fingerprint density at radius 3 is 1.72 bits per heavy atom. The van der Waals surface area contributed by atoms with Crippen LogP contribution in [0.5, 0.6) is 0 Å². The third kappa shape index (κ3) is 5.35. The van der Waals surface area contributed by atoms with E-state index in [1.165, 1.54) is 0 Å². The van der Waals surface area contributed by atoms with Gasteiger partial charge in [-0.3, -0.25) is 0 Å². The molecule has 0 unspecified atom stereocenters. The van der Waals surface area contributed by atoms with Crippen LogP contribution in [0, 0.1) is 11.8 Å². The van der Waals surface area contributed by atoms with E-state index in [1.807, 2.05) is 0 Å². The number of aliphatic carboxylic acids is 2. The van der Waals surface area contributed by atoms with Gasteiger partial charge in [-0.2, -0.15) is 0 Å². The van der Waals surface area contributed by atoms with E-state index in [0.29, 0.717) is 0 Å². The zero-order valence-electron chi connectivity index (χ0n) is 11.6. The van der Waals surface area contributed by atoms with Gasteiger partial charge in [-0.1, -0.05) is 26.7 Å². The van der Waals surface area contributed by atoms with Crippen LogP contribution in [0.15, 0.2) is 11.1 Å². The number of carboxylic acids is 2. The van der Waals surface area contributed by atoms with Gasteiger partial charge in [-0.15, -0.1) is 0 Å². The van der Waals surface area contributed by atoms with E-state index < -0.39 is 11.9 Å². The molecule has 0 aliphatic heterocycles. The molecule has 18 heavy (non-hydrogen) atoms. The third-order valence-corrected chi connectivity index (χ3v) is 3.07. The molecule has 0 spiro atoms. The Labute approximate surface area is 152 Å². The van der Waals surface area contributed by atoms with E-state index in [1.54, 1.807) is 13.8 Å². The zero-order chi connectivity index (χ0) is 12.3. The summed E-state index contributed by atoms with van der Waals surface area (Å²) in [4.78, 5) is 22.1. The van der Waals surface area contributed by atoms with Crippen LogP contribution in [0.4, 0.5) is 0 Å². The summed E-state index contributed by atoms with van der Waals surface area (Å²) >= 11 is 0. The minimum atomic E-state index is -1.39. The molecule has 0 aromatic heterocycles. The Morgan fingerprint density at radius 2 is 1.44 bits per heavy atom. The molecule has 1 rings (SSSR count). The van der Waals surface area contributed by atoms with Gasteiger partial charge < -0.3 is 19.8 Å². The number of carboxylic acid groups (broad SMARTS) is 2. The van der Waals surface area contributed by atoms with Crippen molar-refractivity contribution in [2.24, 2.45) is 11.8 Å². The second-order valence-corrected chi connectivity index (χ2v) is 4.54. The van der Waals surface area contributed by atoms with Crippen LogP contribution < -0.4 is 69.3 Å². The Hall–Kier alpha value is 0.680. The van der Waals surface area contributed by atoms with Crippen molar-refractivity contribution in [3.05, 3.63) is 11.1 Å². The molecule has 0 aromatic rings. The van der Waals surface area contributed by atoms with Crippen molar-refractivity contribution >= 4 is 11.9 Å². The Kier molecular flexibility index (Phi) is 11.1. The van der Waals surface area contributed by atoms with Gasteiger partial charge in [0.1, 0.15) is 0 Å². The topological polar surface area (TPSA) is 80.3 Å². The minimum absolute atomic E-state index is 0. The maximum Gasteiger partial charge on any atom is 1.00 e. The smallest absolute Gasteiger partial charge is 0.545 e. The molecule has 0 atom stereocenters. The number of hydrogen-bond acceptors (Lipinski definition) is 4. The normalized spacial score (nSPS) is 16.6. The summed E-state index contributed by atoms with van der Waals surface area (Å²) in [6.45, 7) is 3.31. The molecule has 0 aromatic carbocycles. The van der Waals surface area contributed by atoms with Crippen LogP contribution in [-0.2, 0) is 9.59 Å². The van der Waals surface area contributed by atoms with E-state index >= 15 is 0 Å². The maximum absolute atomic E-state index is 11.1. The quantitative estimate of drug-likeness (QED) is 0.376. The first-order valence-electron chi connectivity index (χ1n) is 5.62. The third-order valence-electron chi connectivity index (χ3n) is 3.07. The zero-order valence-corrected chi connectivity index (χ0v) is 15.6. The van der Waals surface area contributed by atoms with Gasteiger partial charge in [0.15, 0.2) is 0 Å². The van der Waals surface area contributed by atoms with Crippen molar-refractivity contribution < 1.29 is 78.9 Å². The van der Waals surface area contributed by atoms with Gasteiger partial charge in [0.2, 0.25) is 0 Å². The molecular formula is C12H16Na2O4.